The van der Waals surface area contributed by atoms with Crippen LogP contribution in [0.5, 0.6) is 0 Å². The number of hydrogen-bond donors (Lipinski definition) is 3. The molecule has 0 aliphatic heterocycles. The van der Waals surface area contributed by atoms with E-state index >= 15 is 0 Å². The molecule has 1 aliphatic rings. The molecule has 1 heterocycles. The van der Waals surface area contributed by atoms with E-state index < -0.39 is 5.97 Å². The van der Waals surface area contributed by atoms with Crippen molar-refractivity contribution in [2.45, 2.75) is 25.8 Å². The van der Waals surface area contributed by atoms with Crippen LogP contribution in [0.3, 0.4) is 0 Å². The highest BCUT2D eigenvalue weighted by Crippen LogP contribution is 2.22. The lowest BCUT2D eigenvalue weighted by Crippen LogP contribution is -2.29. The van der Waals surface area contributed by atoms with Gasteiger partial charge in [-0.25, -0.2) is 4.79 Å². The van der Waals surface area contributed by atoms with Gasteiger partial charge in [-0.1, -0.05) is 6.92 Å². The monoisotopic (exact) mass is 194 g/mol. The van der Waals surface area contributed by atoms with Gasteiger partial charge >= 0.3 is 5.97 Å². The number of nitrogens with one attached hydrogen (secondary N) is 2. The Balaban J connectivity index is 2.12. The van der Waals surface area contributed by atoms with Crippen molar-refractivity contribution in [1.29, 1.82) is 0 Å². The number of H-pyrrole nitrogens is 1. The minimum atomic E-state index is -0.876. The van der Waals surface area contributed by atoms with Crippen LogP contribution in [0.25, 0.3) is 0 Å². The van der Waals surface area contributed by atoms with Crippen molar-refractivity contribution in [1.82, 2.24) is 10.3 Å². The molecular weight excluding hydrogens is 180 g/mol. The largest absolute Gasteiger partial charge is 0.477 e. The van der Waals surface area contributed by atoms with E-state index in [0.29, 0.717) is 11.7 Å². The summed E-state index contributed by atoms with van der Waals surface area (Å²) in [6.07, 6.45) is 1.85. The van der Waals surface area contributed by atoms with Crippen LogP contribution in [0, 0.1) is 0 Å². The molecule has 1 atom stereocenters. The van der Waals surface area contributed by atoms with Gasteiger partial charge in [-0.15, -0.1) is 0 Å². The predicted molar refractivity (Wildman–Crippen MR) is 52.6 cm³/mol. The maximum atomic E-state index is 10.7. The molecule has 4 nitrogen and oxygen atoms in total. The van der Waals surface area contributed by atoms with E-state index in [-0.39, 0.29) is 0 Å². The second-order valence-corrected chi connectivity index (χ2v) is 3.65. The summed E-state index contributed by atoms with van der Waals surface area (Å²) in [7, 11) is 0. The molecule has 0 saturated heterocycles. The molecule has 76 valence electrons. The van der Waals surface area contributed by atoms with Crippen molar-refractivity contribution in [3.8, 4) is 0 Å². The molecule has 0 aromatic carbocycles. The number of aromatic amines is 1. The normalized spacial score (nSPS) is 19.6. The lowest BCUT2D eigenvalue weighted by atomic mass is 10.2. The Morgan fingerprint density at radius 3 is 3.07 bits per heavy atom. The van der Waals surface area contributed by atoms with E-state index in [2.05, 4.69) is 17.2 Å². The van der Waals surface area contributed by atoms with Crippen molar-refractivity contribution in [3.05, 3.63) is 23.0 Å². The van der Waals surface area contributed by atoms with Gasteiger partial charge in [0.1, 0.15) is 5.69 Å². The van der Waals surface area contributed by atoms with Gasteiger partial charge in [-0.3, -0.25) is 0 Å². The molecule has 0 fully saturated rings. The molecule has 0 bridgehead atoms. The van der Waals surface area contributed by atoms with Crippen molar-refractivity contribution < 1.29 is 9.90 Å². The van der Waals surface area contributed by atoms with Crippen molar-refractivity contribution in [3.63, 3.8) is 0 Å². The Labute approximate surface area is 82.3 Å². The number of likely N-dealkylation sites (N-methyl/N-ethyl adjacent to an activating group) is 1. The molecule has 3 N–H and O–H groups in total. The number of hydrogen-bond acceptors (Lipinski definition) is 2. The van der Waals surface area contributed by atoms with E-state index in [4.69, 9.17) is 5.11 Å². The van der Waals surface area contributed by atoms with Gasteiger partial charge < -0.3 is 15.4 Å². The summed E-state index contributed by atoms with van der Waals surface area (Å²) in [6, 6.07) is 2.22. The van der Waals surface area contributed by atoms with Gasteiger partial charge in [0, 0.05) is 18.2 Å². The summed E-state index contributed by atoms with van der Waals surface area (Å²) in [5.74, 6) is -0.876. The molecule has 1 unspecified atom stereocenters. The first-order valence-electron chi connectivity index (χ1n) is 4.88. The summed E-state index contributed by atoms with van der Waals surface area (Å²) in [5, 5.41) is 12.1. The van der Waals surface area contributed by atoms with Gasteiger partial charge in [0.05, 0.1) is 0 Å². The topological polar surface area (TPSA) is 65.1 Å². The first-order valence-corrected chi connectivity index (χ1v) is 4.88. The van der Waals surface area contributed by atoms with Crippen molar-refractivity contribution in [2.24, 2.45) is 0 Å². The summed E-state index contributed by atoms with van der Waals surface area (Å²) >= 11 is 0. The van der Waals surface area contributed by atoms with Crippen LogP contribution >= 0.6 is 0 Å². The fraction of sp³-hybridized carbons (Fsp3) is 0.500. The van der Waals surface area contributed by atoms with E-state index in [1.807, 2.05) is 0 Å². The van der Waals surface area contributed by atoms with Crippen LogP contribution in [0.4, 0.5) is 0 Å². The fourth-order valence-electron chi connectivity index (χ4n) is 2.04. The summed E-state index contributed by atoms with van der Waals surface area (Å²) in [6.45, 7) is 3.04. The minimum absolute atomic E-state index is 0.310. The zero-order valence-corrected chi connectivity index (χ0v) is 8.13. The zero-order valence-electron chi connectivity index (χ0n) is 8.13. The van der Waals surface area contributed by atoms with Gasteiger partial charge in [0.25, 0.3) is 0 Å². The molecule has 0 amide bonds. The highest BCUT2D eigenvalue weighted by atomic mass is 16.4. The molecule has 1 aromatic rings. The average Bonchev–Trinajstić information content (AvgIpc) is 2.61. The second kappa shape index (κ2) is 3.46. The quantitative estimate of drug-likeness (QED) is 0.666. The molecule has 4 heteroatoms. The van der Waals surface area contributed by atoms with E-state index in [1.54, 1.807) is 6.07 Å². The maximum absolute atomic E-state index is 10.7. The number of aromatic nitrogens is 1. The Kier molecular flexibility index (Phi) is 2.29. The minimum Gasteiger partial charge on any atom is -0.477 e. The lowest BCUT2D eigenvalue weighted by Gasteiger charge is -2.08. The second-order valence-electron chi connectivity index (χ2n) is 3.65. The van der Waals surface area contributed by atoms with Gasteiger partial charge in [-0.05, 0) is 24.6 Å². The number of carboxylic acids is 1. The van der Waals surface area contributed by atoms with E-state index in [1.165, 1.54) is 0 Å². The number of fused-ring (bicyclic) bond motifs is 1. The molecule has 0 spiro atoms. The van der Waals surface area contributed by atoms with Crippen LogP contribution in [0.15, 0.2) is 6.07 Å². The summed E-state index contributed by atoms with van der Waals surface area (Å²) in [4.78, 5) is 13.6. The van der Waals surface area contributed by atoms with Crippen molar-refractivity contribution in [2.75, 3.05) is 6.54 Å². The first-order chi connectivity index (χ1) is 6.70. The SMILES string of the molecule is CCNC1Cc2cc(C(=O)O)[nH]c2C1. The zero-order chi connectivity index (χ0) is 10.1. The molecule has 1 aromatic heterocycles. The van der Waals surface area contributed by atoms with Crippen LogP contribution in [-0.2, 0) is 12.8 Å². The first kappa shape index (κ1) is 9.27. The lowest BCUT2D eigenvalue weighted by molar-refractivity contribution is 0.0691. The summed E-state index contributed by atoms with van der Waals surface area (Å²) in [5.41, 5.74) is 2.53. The Morgan fingerprint density at radius 1 is 1.71 bits per heavy atom. The Bertz CT molecular complexity index is 334. The van der Waals surface area contributed by atoms with Crippen LogP contribution in [0.2, 0.25) is 0 Å². The maximum Gasteiger partial charge on any atom is 0.352 e. The number of carboxylic acid groups (broad SMARTS) is 1. The van der Waals surface area contributed by atoms with Gasteiger partial charge in [-0.2, -0.15) is 0 Å². The van der Waals surface area contributed by atoms with Gasteiger partial charge in [0.2, 0.25) is 0 Å². The number of aromatic carboxylic acids is 1. The fourth-order valence-corrected chi connectivity index (χ4v) is 2.04. The predicted octanol–water partition coefficient (Wildman–Crippen LogP) is 0.790. The third-order valence-electron chi connectivity index (χ3n) is 2.63. The van der Waals surface area contributed by atoms with E-state index in [0.717, 1.165) is 30.6 Å². The Morgan fingerprint density at radius 2 is 2.50 bits per heavy atom. The molecule has 14 heavy (non-hydrogen) atoms. The third kappa shape index (κ3) is 1.53. The third-order valence-corrected chi connectivity index (χ3v) is 2.63. The van der Waals surface area contributed by atoms with Crippen LogP contribution in [-0.4, -0.2) is 28.6 Å². The summed E-state index contributed by atoms with van der Waals surface area (Å²) < 4.78 is 0. The van der Waals surface area contributed by atoms with E-state index in [9.17, 15) is 4.79 Å². The highest BCUT2D eigenvalue weighted by Gasteiger charge is 2.24. The van der Waals surface area contributed by atoms with Crippen LogP contribution < -0.4 is 5.32 Å². The van der Waals surface area contributed by atoms with Crippen molar-refractivity contribution >= 4 is 5.97 Å². The molecule has 2 rings (SSSR count). The molecule has 0 saturated carbocycles. The number of rotatable bonds is 3. The Hall–Kier alpha value is -1.29. The molecule has 1 aliphatic carbocycles. The number of carbonyl (C=O) groups is 1. The molecular formula is C10H14N2O2. The highest BCUT2D eigenvalue weighted by molar-refractivity contribution is 5.86. The average molecular weight is 194 g/mol. The smallest absolute Gasteiger partial charge is 0.352 e. The van der Waals surface area contributed by atoms with Gasteiger partial charge in [0.15, 0.2) is 0 Å². The standard InChI is InChI=1S/C10H14N2O2/c1-2-11-7-3-6-4-9(10(13)14)12-8(6)5-7/h4,7,11-12H,2-3,5H2,1H3,(H,13,14). The van der Waals surface area contributed by atoms with Crippen LogP contribution in [0.1, 0.15) is 28.7 Å². The molecule has 0 radical (unpaired) electrons.